The molecule has 2 aromatic rings. The number of aliphatic carboxylic acids is 1. The van der Waals surface area contributed by atoms with Crippen LogP contribution >= 0.6 is 23.6 Å². The van der Waals surface area contributed by atoms with Gasteiger partial charge in [0, 0.05) is 13.0 Å². The summed E-state index contributed by atoms with van der Waals surface area (Å²) in [4.78, 5) is 11.2. The summed E-state index contributed by atoms with van der Waals surface area (Å²) in [5, 5.41) is 18.9. The number of nitrogens with zero attached hydrogens (tertiary/aromatic N) is 1. The first kappa shape index (κ1) is 19.0. The van der Waals surface area contributed by atoms with Gasteiger partial charge in [-0.05, 0) is 42.9 Å². The van der Waals surface area contributed by atoms with Crippen molar-refractivity contribution in [2.75, 3.05) is 13.7 Å². The van der Waals surface area contributed by atoms with Crippen LogP contribution in [0.1, 0.15) is 17.7 Å². The number of aromatic nitrogens is 1. The Labute approximate surface area is 154 Å². The monoisotopic (exact) mass is 381 g/mol. The van der Waals surface area contributed by atoms with Gasteiger partial charge in [-0.1, -0.05) is 12.1 Å². The molecule has 1 aromatic heterocycles. The molecule has 0 unspecified atom stereocenters. The van der Waals surface area contributed by atoms with E-state index in [0.29, 0.717) is 39.9 Å². The number of carboxylic acids is 1. The van der Waals surface area contributed by atoms with Crippen molar-refractivity contribution in [2.45, 2.75) is 19.4 Å². The molecule has 0 radical (unpaired) electrons. The minimum atomic E-state index is -0.866. The van der Waals surface area contributed by atoms with Crippen LogP contribution in [-0.4, -0.2) is 34.5 Å². The van der Waals surface area contributed by atoms with Gasteiger partial charge in [0.25, 0.3) is 0 Å². The van der Waals surface area contributed by atoms with Crippen molar-refractivity contribution in [3.63, 3.8) is 0 Å². The molecule has 0 aliphatic rings. The molecule has 25 heavy (non-hydrogen) atoms. The molecule has 0 aliphatic carbocycles. The van der Waals surface area contributed by atoms with E-state index < -0.39 is 5.97 Å². The number of benzene rings is 1. The average molecular weight is 381 g/mol. The van der Waals surface area contributed by atoms with Crippen LogP contribution in [0.15, 0.2) is 30.3 Å². The van der Waals surface area contributed by atoms with Gasteiger partial charge in [-0.25, -0.2) is 0 Å². The fourth-order valence-corrected chi connectivity index (χ4v) is 3.43. The Hall–Kier alpha value is -2.32. The Morgan fingerprint density at radius 2 is 2.08 bits per heavy atom. The highest BCUT2D eigenvalue weighted by molar-refractivity contribution is 7.73. The molecular weight excluding hydrogens is 362 g/mol. The average Bonchev–Trinajstić information content (AvgIpc) is 2.86. The molecule has 1 aromatic carbocycles. The van der Waals surface area contributed by atoms with Crippen LogP contribution < -0.4 is 9.47 Å². The first-order chi connectivity index (χ1) is 12.0. The van der Waals surface area contributed by atoms with Gasteiger partial charge in [0.1, 0.15) is 6.61 Å². The number of thiazole rings is 1. The van der Waals surface area contributed by atoms with E-state index >= 15 is 0 Å². The summed E-state index contributed by atoms with van der Waals surface area (Å²) in [5.74, 6) is 0.473. The topological polar surface area (TPSA) is 80.9 Å². The normalized spacial score (nSPS) is 10.9. The quantitative estimate of drug-likeness (QED) is 0.640. The second kappa shape index (κ2) is 9.24. The molecule has 0 fully saturated rings. The van der Waals surface area contributed by atoms with E-state index in [2.05, 4.69) is 0 Å². The second-order valence-electron chi connectivity index (χ2n) is 5.07. The van der Waals surface area contributed by atoms with Gasteiger partial charge in [0.2, 0.25) is 5.88 Å². The maximum atomic E-state index is 10.6. The SMILES string of the molecule is COc1ccccc1OCC=Cc1sc(=S)n(CCCC(=O)O)c1O. The van der Waals surface area contributed by atoms with Crippen molar-refractivity contribution in [3.05, 3.63) is 39.2 Å². The number of methoxy groups -OCH3 is 1. The Bertz CT molecular complexity index is 810. The molecule has 0 saturated carbocycles. The molecule has 1 heterocycles. The lowest BCUT2D eigenvalue weighted by molar-refractivity contribution is -0.137. The lowest BCUT2D eigenvalue weighted by atomic mass is 10.3. The minimum absolute atomic E-state index is 0.0367. The van der Waals surface area contributed by atoms with Crippen LogP contribution in [0, 0.1) is 3.95 Å². The highest BCUT2D eigenvalue weighted by Gasteiger charge is 2.10. The highest BCUT2D eigenvalue weighted by atomic mass is 32.1. The molecule has 0 atom stereocenters. The molecule has 0 spiro atoms. The van der Waals surface area contributed by atoms with E-state index in [1.54, 1.807) is 23.8 Å². The van der Waals surface area contributed by atoms with Crippen molar-refractivity contribution in [1.82, 2.24) is 4.57 Å². The van der Waals surface area contributed by atoms with Crippen LogP contribution in [0.5, 0.6) is 17.4 Å². The molecule has 2 N–H and O–H groups in total. The van der Waals surface area contributed by atoms with E-state index in [4.69, 9.17) is 26.8 Å². The zero-order chi connectivity index (χ0) is 18.2. The van der Waals surface area contributed by atoms with E-state index in [-0.39, 0.29) is 12.3 Å². The smallest absolute Gasteiger partial charge is 0.303 e. The molecule has 6 nitrogen and oxygen atoms in total. The van der Waals surface area contributed by atoms with Crippen molar-refractivity contribution in [3.8, 4) is 17.4 Å². The highest BCUT2D eigenvalue weighted by Crippen LogP contribution is 2.28. The summed E-state index contributed by atoms with van der Waals surface area (Å²) in [6.45, 7) is 0.683. The first-order valence-corrected chi connectivity index (χ1v) is 8.82. The van der Waals surface area contributed by atoms with Gasteiger partial charge < -0.3 is 19.7 Å². The molecule has 0 saturated heterocycles. The maximum absolute atomic E-state index is 10.6. The summed E-state index contributed by atoms with van der Waals surface area (Å²) < 4.78 is 12.9. The lowest BCUT2D eigenvalue weighted by Gasteiger charge is -2.08. The zero-order valence-electron chi connectivity index (χ0n) is 13.7. The predicted molar refractivity (Wildman–Crippen MR) is 99.2 cm³/mol. The van der Waals surface area contributed by atoms with Crippen molar-refractivity contribution < 1.29 is 24.5 Å². The summed E-state index contributed by atoms with van der Waals surface area (Å²) >= 11 is 6.49. The van der Waals surface area contributed by atoms with Crippen LogP contribution in [0.4, 0.5) is 0 Å². The standard InChI is InChI=1S/C17H19NO5S2/c1-22-12-6-2-3-7-13(12)23-11-5-8-14-16(21)18(17(24)25-14)10-4-9-15(19)20/h2-3,5-8,21H,4,9-11H2,1H3,(H,19,20). The number of para-hydroxylation sites is 2. The number of carbonyl (C=O) groups is 1. The van der Waals surface area contributed by atoms with Crippen LogP contribution in [0.25, 0.3) is 6.08 Å². The van der Waals surface area contributed by atoms with Gasteiger partial charge in [0.15, 0.2) is 15.5 Å². The number of ether oxygens (including phenoxy) is 2. The van der Waals surface area contributed by atoms with Gasteiger partial charge in [0.05, 0.1) is 12.0 Å². The van der Waals surface area contributed by atoms with Crippen molar-refractivity contribution in [1.29, 1.82) is 0 Å². The molecule has 0 bridgehead atoms. The largest absolute Gasteiger partial charge is 0.493 e. The maximum Gasteiger partial charge on any atom is 0.303 e. The van der Waals surface area contributed by atoms with Crippen molar-refractivity contribution in [2.24, 2.45) is 0 Å². The van der Waals surface area contributed by atoms with Crippen LogP contribution in [-0.2, 0) is 11.3 Å². The van der Waals surface area contributed by atoms with E-state index in [1.807, 2.05) is 24.3 Å². The van der Waals surface area contributed by atoms with Gasteiger partial charge in [-0.2, -0.15) is 0 Å². The Morgan fingerprint density at radius 3 is 2.76 bits per heavy atom. The summed E-state index contributed by atoms with van der Waals surface area (Å²) in [7, 11) is 1.58. The number of hydrogen-bond acceptors (Lipinski definition) is 6. The van der Waals surface area contributed by atoms with Gasteiger partial charge in [-0.3, -0.25) is 9.36 Å². The predicted octanol–water partition coefficient (Wildman–Crippen LogP) is 3.95. The van der Waals surface area contributed by atoms with Gasteiger partial charge >= 0.3 is 5.97 Å². The Morgan fingerprint density at radius 1 is 1.36 bits per heavy atom. The van der Waals surface area contributed by atoms with Crippen molar-refractivity contribution >= 4 is 35.6 Å². The summed E-state index contributed by atoms with van der Waals surface area (Å²) in [6, 6.07) is 7.34. The lowest BCUT2D eigenvalue weighted by Crippen LogP contribution is -2.01. The second-order valence-corrected chi connectivity index (χ2v) is 6.74. The molecule has 134 valence electrons. The molecular formula is C17H19NO5S2. The third-order valence-electron chi connectivity index (χ3n) is 3.34. The molecule has 0 aliphatic heterocycles. The number of aromatic hydroxyl groups is 1. The fourth-order valence-electron chi connectivity index (χ4n) is 2.14. The van der Waals surface area contributed by atoms with Crippen LogP contribution in [0.2, 0.25) is 0 Å². The first-order valence-electron chi connectivity index (χ1n) is 7.59. The fraction of sp³-hybridized carbons (Fsp3) is 0.294. The minimum Gasteiger partial charge on any atom is -0.493 e. The number of rotatable bonds is 9. The molecule has 2 rings (SSSR count). The molecule has 8 heteroatoms. The Balaban J connectivity index is 1.97. The summed E-state index contributed by atoms with van der Waals surface area (Å²) in [6.07, 6.45) is 3.95. The van der Waals surface area contributed by atoms with E-state index in [9.17, 15) is 9.90 Å². The van der Waals surface area contributed by atoms with E-state index in [0.717, 1.165) is 0 Å². The molecule has 0 amide bonds. The third kappa shape index (κ3) is 5.33. The summed E-state index contributed by atoms with van der Waals surface area (Å²) in [5.41, 5.74) is 0. The number of carboxylic acid groups (broad SMARTS) is 1. The number of hydrogen-bond donors (Lipinski definition) is 2. The third-order valence-corrected chi connectivity index (χ3v) is 4.74. The van der Waals surface area contributed by atoms with Crippen LogP contribution in [0.3, 0.4) is 0 Å². The van der Waals surface area contributed by atoms with Gasteiger partial charge in [-0.15, -0.1) is 11.3 Å². The van der Waals surface area contributed by atoms with E-state index in [1.165, 1.54) is 11.3 Å². The zero-order valence-corrected chi connectivity index (χ0v) is 15.3. The Kier molecular flexibility index (Phi) is 7.03.